The summed E-state index contributed by atoms with van der Waals surface area (Å²) in [7, 11) is 0. The third-order valence-corrected chi connectivity index (χ3v) is 4.63. The van der Waals surface area contributed by atoms with Crippen LogP contribution in [0, 0.1) is 11.3 Å². The van der Waals surface area contributed by atoms with Gasteiger partial charge in [0.25, 0.3) is 5.91 Å². The topological polar surface area (TPSA) is 62.1 Å². The maximum absolute atomic E-state index is 12.4. The van der Waals surface area contributed by atoms with Crippen LogP contribution in [0.1, 0.15) is 44.6 Å². The number of nitrogens with zero attached hydrogens (tertiary/aromatic N) is 1. The lowest BCUT2D eigenvalue weighted by Crippen LogP contribution is -2.37. The fourth-order valence-corrected chi connectivity index (χ4v) is 3.25. The molecule has 1 aromatic rings. The van der Waals surface area contributed by atoms with Gasteiger partial charge in [0.05, 0.1) is 0 Å². The molecule has 1 fully saturated rings. The second-order valence-corrected chi connectivity index (χ2v) is 6.42. The molecule has 4 heteroatoms. The molecular weight excluding hydrogens is 300 g/mol. The summed E-state index contributed by atoms with van der Waals surface area (Å²) in [5, 5.41) is 12.4. The van der Waals surface area contributed by atoms with E-state index < -0.39 is 0 Å². The van der Waals surface area contributed by atoms with Crippen molar-refractivity contribution in [3.8, 4) is 11.8 Å². The first-order valence-corrected chi connectivity index (χ1v) is 8.57. The third kappa shape index (κ3) is 3.68. The molecule has 1 amide bonds. The highest BCUT2D eigenvalue weighted by atomic mass is 16.5. The van der Waals surface area contributed by atoms with E-state index in [1.807, 2.05) is 43.3 Å². The molecule has 1 aliphatic carbocycles. The third-order valence-electron chi connectivity index (χ3n) is 4.63. The Morgan fingerprint density at radius 1 is 1.29 bits per heavy atom. The molecule has 2 aliphatic rings. The Labute approximate surface area is 142 Å². The summed E-state index contributed by atoms with van der Waals surface area (Å²) >= 11 is 0. The molecule has 4 nitrogen and oxygen atoms in total. The van der Waals surface area contributed by atoms with Gasteiger partial charge in [0.1, 0.15) is 23.5 Å². The Morgan fingerprint density at radius 2 is 2.04 bits per heavy atom. The molecular formula is C20H22N2O2. The minimum absolute atomic E-state index is 0.140. The van der Waals surface area contributed by atoms with E-state index in [1.165, 1.54) is 6.42 Å². The number of ether oxygens (including phenoxy) is 1. The van der Waals surface area contributed by atoms with Crippen LogP contribution in [0.4, 0.5) is 0 Å². The van der Waals surface area contributed by atoms with Crippen molar-refractivity contribution in [2.24, 2.45) is 0 Å². The highest BCUT2D eigenvalue weighted by Crippen LogP contribution is 2.30. The number of amides is 1. The van der Waals surface area contributed by atoms with Gasteiger partial charge in [0.15, 0.2) is 0 Å². The molecule has 1 saturated carbocycles. The fraction of sp³-hybridized carbons (Fsp3) is 0.400. The first-order valence-electron chi connectivity index (χ1n) is 8.57. The van der Waals surface area contributed by atoms with E-state index in [1.54, 1.807) is 6.08 Å². The highest BCUT2D eigenvalue weighted by Gasteiger charge is 2.21. The second kappa shape index (κ2) is 7.35. The van der Waals surface area contributed by atoms with Gasteiger partial charge in [-0.1, -0.05) is 37.5 Å². The van der Waals surface area contributed by atoms with E-state index in [0.717, 1.165) is 42.6 Å². The maximum Gasteiger partial charge on any atom is 0.262 e. The predicted octanol–water partition coefficient (Wildman–Crippen LogP) is 3.75. The van der Waals surface area contributed by atoms with Gasteiger partial charge in [0.2, 0.25) is 0 Å². The van der Waals surface area contributed by atoms with E-state index in [9.17, 15) is 10.1 Å². The molecule has 124 valence electrons. The molecule has 0 radical (unpaired) electrons. The molecule has 1 N–H and O–H groups in total. The molecule has 0 bridgehead atoms. The molecule has 1 atom stereocenters. The monoisotopic (exact) mass is 322 g/mol. The molecule has 1 unspecified atom stereocenters. The van der Waals surface area contributed by atoms with Gasteiger partial charge < -0.3 is 10.1 Å². The number of carbonyl (C=O) groups excluding carboxylic acids is 1. The highest BCUT2D eigenvalue weighted by molar-refractivity contribution is 5.98. The van der Waals surface area contributed by atoms with Crippen LogP contribution in [0.2, 0.25) is 0 Å². The minimum atomic E-state index is -0.281. The number of hydrogen-bond acceptors (Lipinski definition) is 3. The Bertz CT molecular complexity index is 721. The van der Waals surface area contributed by atoms with Gasteiger partial charge in [-0.15, -0.1) is 0 Å². The molecule has 3 rings (SSSR count). The number of nitriles is 1. The zero-order valence-electron chi connectivity index (χ0n) is 13.9. The number of hydrogen-bond donors (Lipinski definition) is 1. The minimum Gasteiger partial charge on any atom is -0.485 e. The smallest absolute Gasteiger partial charge is 0.262 e. The zero-order chi connectivity index (χ0) is 16.9. The molecule has 0 spiro atoms. The molecule has 0 aromatic heterocycles. The first-order chi connectivity index (χ1) is 11.7. The van der Waals surface area contributed by atoms with Gasteiger partial charge in [-0.05, 0) is 43.6 Å². The SMILES string of the molecule is CC1Oc2ccccc2C=C1C=C(C#N)C(=O)NC1CCCCC1. The van der Waals surface area contributed by atoms with Crippen molar-refractivity contribution in [1.82, 2.24) is 5.32 Å². The molecule has 24 heavy (non-hydrogen) atoms. The quantitative estimate of drug-likeness (QED) is 0.681. The van der Waals surface area contributed by atoms with E-state index in [4.69, 9.17) is 4.74 Å². The van der Waals surface area contributed by atoms with E-state index in [-0.39, 0.29) is 23.6 Å². The maximum atomic E-state index is 12.4. The normalized spacial score (nSPS) is 21.1. The molecule has 1 heterocycles. The average molecular weight is 322 g/mol. The van der Waals surface area contributed by atoms with Crippen molar-refractivity contribution < 1.29 is 9.53 Å². The van der Waals surface area contributed by atoms with Crippen LogP contribution < -0.4 is 10.1 Å². The predicted molar refractivity (Wildman–Crippen MR) is 93.2 cm³/mol. The van der Waals surface area contributed by atoms with E-state index >= 15 is 0 Å². The van der Waals surface area contributed by atoms with E-state index in [0.29, 0.717) is 0 Å². The summed E-state index contributed by atoms with van der Waals surface area (Å²) in [5.74, 6) is 0.545. The zero-order valence-corrected chi connectivity index (χ0v) is 13.9. The molecule has 1 aromatic carbocycles. The Balaban J connectivity index is 1.78. The van der Waals surface area contributed by atoms with Gasteiger partial charge in [0, 0.05) is 11.6 Å². The lowest BCUT2D eigenvalue weighted by Gasteiger charge is -2.24. The van der Waals surface area contributed by atoms with Crippen LogP contribution >= 0.6 is 0 Å². The van der Waals surface area contributed by atoms with Crippen LogP contribution in [0.25, 0.3) is 6.08 Å². The van der Waals surface area contributed by atoms with Crippen LogP contribution in [0.15, 0.2) is 41.5 Å². The summed E-state index contributed by atoms with van der Waals surface area (Å²) in [6.45, 7) is 1.92. The Hall–Kier alpha value is -2.54. The van der Waals surface area contributed by atoms with Crippen molar-refractivity contribution in [2.75, 3.05) is 0 Å². The van der Waals surface area contributed by atoms with Crippen molar-refractivity contribution in [3.05, 3.63) is 47.1 Å². The van der Waals surface area contributed by atoms with Crippen LogP contribution in [0.3, 0.4) is 0 Å². The number of carbonyl (C=O) groups is 1. The lowest BCUT2D eigenvalue weighted by molar-refractivity contribution is -0.118. The second-order valence-electron chi connectivity index (χ2n) is 6.42. The molecule has 1 aliphatic heterocycles. The Morgan fingerprint density at radius 3 is 2.79 bits per heavy atom. The summed E-state index contributed by atoms with van der Waals surface area (Å²) in [4.78, 5) is 12.4. The first kappa shape index (κ1) is 16.3. The fourth-order valence-electron chi connectivity index (χ4n) is 3.25. The largest absolute Gasteiger partial charge is 0.485 e. The van der Waals surface area contributed by atoms with Crippen molar-refractivity contribution >= 4 is 12.0 Å². The van der Waals surface area contributed by atoms with Crippen molar-refractivity contribution in [3.63, 3.8) is 0 Å². The van der Waals surface area contributed by atoms with Gasteiger partial charge in [-0.3, -0.25) is 4.79 Å². The number of fused-ring (bicyclic) bond motifs is 1. The van der Waals surface area contributed by atoms with Crippen LogP contribution in [-0.2, 0) is 4.79 Å². The Kier molecular flexibility index (Phi) is 5.00. The van der Waals surface area contributed by atoms with Crippen LogP contribution in [0.5, 0.6) is 5.75 Å². The number of rotatable bonds is 3. The van der Waals surface area contributed by atoms with Crippen LogP contribution in [-0.4, -0.2) is 18.1 Å². The number of nitrogens with one attached hydrogen (secondary N) is 1. The lowest BCUT2D eigenvalue weighted by atomic mass is 9.95. The van der Waals surface area contributed by atoms with Gasteiger partial charge in [-0.2, -0.15) is 5.26 Å². The summed E-state index contributed by atoms with van der Waals surface area (Å²) in [5.41, 5.74) is 1.94. The number of para-hydroxylation sites is 1. The summed E-state index contributed by atoms with van der Waals surface area (Å²) < 4.78 is 5.87. The summed E-state index contributed by atoms with van der Waals surface area (Å²) in [6, 6.07) is 9.98. The standard InChI is InChI=1S/C20H22N2O2/c1-14-16(11-15-7-5-6-10-19(15)24-14)12-17(13-21)20(23)22-18-8-3-2-4-9-18/h5-7,10-12,14,18H,2-4,8-9H2,1H3,(H,22,23). The van der Waals surface area contributed by atoms with Gasteiger partial charge >= 0.3 is 0 Å². The number of benzene rings is 1. The van der Waals surface area contributed by atoms with E-state index in [2.05, 4.69) is 5.32 Å². The van der Waals surface area contributed by atoms with Gasteiger partial charge in [-0.25, -0.2) is 0 Å². The van der Waals surface area contributed by atoms with Crippen molar-refractivity contribution in [2.45, 2.75) is 51.2 Å². The summed E-state index contributed by atoms with van der Waals surface area (Å²) in [6.07, 6.45) is 8.96. The molecule has 0 saturated heterocycles. The van der Waals surface area contributed by atoms with Crippen molar-refractivity contribution in [1.29, 1.82) is 5.26 Å². The average Bonchev–Trinajstić information content (AvgIpc) is 2.60.